The predicted molar refractivity (Wildman–Crippen MR) is 99.4 cm³/mol. The number of nitrogens with zero attached hydrogens (tertiary/aromatic N) is 4. The highest BCUT2D eigenvalue weighted by atomic mass is 16.5. The highest BCUT2D eigenvalue weighted by Gasteiger charge is 2.30. The Balaban J connectivity index is 1.67. The number of esters is 1. The maximum absolute atomic E-state index is 12.5. The normalized spacial score (nSPS) is 13.7. The Hall–Kier alpha value is -3.49. The number of hydrogen-bond donors (Lipinski definition) is 2. The Bertz CT molecular complexity index is 850. The summed E-state index contributed by atoms with van der Waals surface area (Å²) in [6, 6.07) is 10.4. The third-order valence-electron chi connectivity index (χ3n) is 4.33. The number of nitrogens with one attached hydrogen (secondary N) is 1. The van der Waals surface area contributed by atoms with Crippen molar-refractivity contribution < 1.29 is 14.3 Å². The van der Waals surface area contributed by atoms with Crippen molar-refractivity contribution in [3.63, 3.8) is 0 Å². The van der Waals surface area contributed by atoms with Crippen molar-refractivity contribution in [1.29, 1.82) is 5.41 Å². The van der Waals surface area contributed by atoms with E-state index in [-0.39, 0.29) is 24.3 Å². The van der Waals surface area contributed by atoms with Gasteiger partial charge in [-0.15, -0.1) is 10.2 Å². The summed E-state index contributed by atoms with van der Waals surface area (Å²) in [5.41, 5.74) is 7.58. The number of carbonyl (C=O) groups is 2. The number of methoxy groups -OCH3 is 1. The lowest BCUT2D eigenvalue weighted by Gasteiger charge is -2.17. The maximum atomic E-state index is 12.5. The minimum absolute atomic E-state index is 0.00674. The summed E-state index contributed by atoms with van der Waals surface area (Å²) in [5.74, 6) is 0.123. The number of amidine groups is 1. The van der Waals surface area contributed by atoms with Gasteiger partial charge >= 0.3 is 12.0 Å². The molecule has 1 aliphatic heterocycles. The molecule has 2 aromatic rings. The molecule has 1 aromatic carbocycles. The molecule has 2 heterocycles. The standard InChI is InChI=1S/C18H20N6O3/c1-27-16(25)8-9-23-10-11-24(18(23)26)15-7-6-14(21-22-15)12-2-4-13(5-3-12)17(19)20/h2-7H,8-11H2,1H3,(H3,19,20). The quantitative estimate of drug-likeness (QED) is 0.449. The number of benzene rings is 1. The van der Waals surface area contributed by atoms with Crippen molar-refractivity contribution >= 4 is 23.7 Å². The fraction of sp³-hybridized carbons (Fsp3) is 0.278. The Morgan fingerprint density at radius 2 is 1.93 bits per heavy atom. The summed E-state index contributed by atoms with van der Waals surface area (Å²) in [4.78, 5) is 26.8. The summed E-state index contributed by atoms with van der Waals surface area (Å²) in [6.07, 6.45) is 0.164. The van der Waals surface area contributed by atoms with Gasteiger partial charge in [-0.05, 0) is 12.1 Å². The second kappa shape index (κ2) is 7.81. The Morgan fingerprint density at radius 1 is 1.19 bits per heavy atom. The first-order chi connectivity index (χ1) is 13.0. The molecule has 0 bridgehead atoms. The molecule has 1 aromatic heterocycles. The van der Waals surface area contributed by atoms with E-state index in [1.807, 2.05) is 12.1 Å². The van der Waals surface area contributed by atoms with E-state index in [0.717, 1.165) is 5.56 Å². The molecule has 0 spiro atoms. The zero-order valence-electron chi connectivity index (χ0n) is 14.9. The topological polar surface area (TPSA) is 126 Å². The Morgan fingerprint density at radius 3 is 2.52 bits per heavy atom. The smallest absolute Gasteiger partial charge is 0.325 e. The van der Waals surface area contributed by atoms with Crippen LogP contribution in [0.3, 0.4) is 0 Å². The number of amides is 2. The highest BCUT2D eigenvalue weighted by Crippen LogP contribution is 2.21. The number of nitrogens with two attached hydrogens (primary N) is 1. The predicted octanol–water partition coefficient (Wildman–Crippen LogP) is 1.23. The van der Waals surface area contributed by atoms with Gasteiger partial charge in [0.25, 0.3) is 0 Å². The van der Waals surface area contributed by atoms with E-state index in [2.05, 4.69) is 14.9 Å². The number of anilines is 1. The second-order valence-electron chi connectivity index (χ2n) is 6.02. The van der Waals surface area contributed by atoms with Gasteiger partial charge in [-0.1, -0.05) is 24.3 Å². The van der Waals surface area contributed by atoms with Gasteiger partial charge in [-0.2, -0.15) is 0 Å². The molecular formula is C18H20N6O3. The monoisotopic (exact) mass is 368 g/mol. The summed E-state index contributed by atoms with van der Waals surface area (Å²) in [7, 11) is 1.32. The highest BCUT2D eigenvalue weighted by molar-refractivity contribution is 5.95. The SMILES string of the molecule is COC(=O)CCN1CCN(c2ccc(-c3ccc(C(=N)N)cc3)nn2)C1=O. The molecule has 0 radical (unpaired) electrons. The average Bonchev–Trinajstić information content (AvgIpc) is 3.06. The van der Waals surface area contributed by atoms with Crippen molar-refractivity contribution in [2.75, 3.05) is 31.6 Å². The molecule has 2 amide bonds. The van der Waals surface area contributed by atoms with Crippen molar-refractivity contribution in [2.45, 2.75) is 6.42 Å². The fourth-order valence-corrected chi connectivity index (χ4v) is 2.77. The van der Waals surface area contributed by atoms with Gasteiger partial charge < -0.3 is 15.4 Å². The lowest BCUT2D eigenvalue weighted by molar-refractivity contribution is -0.140. The van der Waals surface area contributed by atoms with E-state index in [4.69, 9.17) is 11.1 Å². The van der Waals surface area contributed by atoms with Crippen LogP contribution < -0.4 is 10.6 Å². The first kappa shape index (κ1) is 18.3. The summed E-state index contributed by atoms with van der Waals surface area (Å²) in [5, 5.41) is 15.8. The average molecular weight is 368 g/mol. The van der Waals surface area contributed by atoms with E-state index < -0.39 is 0 Å². The third-order valence-corrected chi connectivity index (χ3v) is 4.33. The maximum Gasteiger partial charge on any atom is 0.325 e. The molecule has 0 atom stereocenters. The van der Waals surface area contributed by atoms with Crippen LogP contribution in [-0.4, -0.2) is 59.7 Å². The molecule has 1 aliphatic rings. The lowest BCUT2D eigenvalue weighted by atomic mass is 10.1. The number of aromatic nitrogens is 2. The van der Waals surface area contributed by atoms with Crippen LogP contribution >= 0.6 is 0 Å². The van der Waals surface area contributed by atoms with Gasteiger partial charge in [-0.3, -0.25) is 15.1 Å². The molecule has 0 aliphatic carbocycles. The minimum atomic E-state index is -0.346. The molecule has 0 unspecified atom stereocenters. The van der Waals surface area contributed by atoms with E-state index >= 15 is 0 Å². The lowest BCUT2D eigenvalue weighted by Crippen LogP contribution is -2.33. The summed E-state index contributed by atoms with van der Waals surface area (Å²) >= 11 is 0. The molecular weight excluding hydrogens is 348 g/mol. The number of nitrogen functional groups attached to an aromatic ring is 1. The van der Waals surface area contributed by atoms with E-state index in [1.165, 1.54) is 12.0 Å². The second-order valence-corrected chi connectivity index (χ2v) is 6.02. The molecule has 3 rings (SSSR count). The van der Waals surface area contributed by atoms with Crippen LogP contribution in [0.15, 0.2) is 36.4 Å². The number of rotatable bonds is 6. The van der Waals surface area contributed by atoms with E-state index in [0.29, 0.717) is 36.7 Å². The van der Waals surface area contributed by atoms with Crippen LogP contribution in [0.5, 0.6) is 0 Å². The van der Waals surface area contributed by atoms with Crippen molar-refractivity contribution in [3.05, 3.63) is 42.0 Å². The van der Waals surface area contributed by atoms with Gasteiger partial charge in [0.2, 0.25) is 0 Å². The fourth-order valence-electron chi connectivity index (χ4n) is 2.77. The Kier molecular flexibility index (Phi) is 5.30. The van der Waals surface area contributed by atoms with Gasteiger partial charge in [0.05, 0.1) is 19.2 Å². The molecule has 0 saturated carbocycles. The van der Waals surface area contributed by atoms with Crippen molar-refractivity contribution in [3.8, 4) is 11.3 Å². The zero-order valence-corrected chi connectivity index (χ0v) is 14.9. The molecule has 140 valence electrons. The molecule has 27 heavy (non-hydrogen) atoms. The van der Waals surface area contributed by atoms with Crippen LogP contribution in [0.4, 0.5) is 10.6 Å². The van der Waals surface area contributed by atoms with Gasteiger partial charge in [0.15, 0.2) is 5.82 Å². The third kappa shape index (κ3) is 4.02. The summed E-state index contributed by atoms with van der Waals surface area (Å²) < 4.78 is 4.60. The van der Waals surface area contributed by atoms with E-state index in [9.17, 15) is 9.59 Å². The molecule has 9 heteroatoms. The molecule has 1 fully saturated rings. The van der Waals surface area contributed by atoms with Crippen molar-refractivity contribution in [1.82, 2.24) is 15.1 Å². The van der Waals surface area contributed by atoms with Crippen LogP contribution in [-0.2, 0) is 9.53 Å². The summed E-state index contributed by atoms with van der Waals surface area (Å²) in [6.45, 7) is 1.32. The zero-order chi connectivity index (χ0) is 19.4. The van der Waals surface area contributed by atoms with Crippen LogP contribution in [0, 0.1) is 5.41 Å². The number of urea groups is 1. The van der Waals surface area contributed by atoms with Crippen LogP contribution in [0.2, 0.25) is 0 Å². The largest absolute Gasteiger partial charge is 0.469 e. The van der Waals surface area contributed by atoms with Crippen LogP contribution in [0.1, 0.15) is 12.0 Å². The van der Waals surface area contributed by atoms with Gasteiger partial charge in [-0.25, -0.2) is 4.79 Å². The number of hydrogen-bond acceptors (Lipinski definition) is 6. The molecule has 1 saturated heterocycles. The van der Waals surface area contributed by atoms with Crippen molar-refractivity contribution in [2.24, 2.45) is 5.73 Å². The Labute approximate surface area is 156 Å². The minimum Gasteiger partial charge on any atom is -0.469 e. The number of ether oxygens (including phenoxy) is 1. The molecule has 9 nitrogen and oxygen atoms in total. The number of carbonyl (C=O) groups excluding carboxylic acids is 2. The first-order valence-electron chi connectivity index (χ1n) is 8.41. The first-order valence-corrected chi connectivity index (χ1v) is 8.41. The van der Waals surface area contributed by atoms with E-state index in [1.54, 1.807) is 29.2 Å². The van der Waals surface area contributed by atoms with Gasteiger partial charge in [0, 0.05) is 30.8 Å². The molecule has 3 N–H and O–H groups in total. The van der Waals surface area contributed by atoms with Crippen LogP contribution in [0.25, 0.3) is 11.3 Å². The van der Waals surface area contributed by atoms with Gasteiger partial charge in [0.1, 0.15) is 5.84 Å².